The van der Waals surface area contributed by atoms with Crippen molar-refractivity contribution in [2.24, 2.45) is 0 Å². The van der Waals surface area contributed by atoms with Crippen LogP contribution in [-0.2, 0) is 0 Å². The number of para-hydroxylation sites is 1. The Kier molecular flexibility index (Phi) is 6.15. The number of fused-ring (bicyclic) bond motifs is 6. The van der Waals surface area contributed by atoms with Crippen LogP contribution in [0.3, 0.4) is 0 Å². The molecule has 0 saturated heterocycles. The van der Waals surface area contributed by atoms with Gasteiger partial charge in [-0.25, -0.2) is 15.0 Å². The molecule has 4 nitrogen and oxygen atoms in total. The molecule has 0 saturated carbocycles. The summed E-state index contributed by atoms with van der Waals surface area (Å²) in [4.78, 5) is 15.2. The van der Waals surface area contributed by atoms with E-state index in [1.807, 2.05) is 72.8 Å². The molecule has 0 amide bonds. The minimum absolute atomic E-state index is 0.542. The Hall–Kier alpha value is -5.84. The highest BCUT2D eigenvalue weighted by Gasteiger charge is 2.20. The molecule has 0 spiro atoms. The Labute approximate surface area is 269 Å². The van der Waals surface area contributed by atoms with Gasteiger partial charge in [-0.2, -0.15) is 0 Å². The van der Waals surface area contributed by atoms with Crippen LogP contribution < -0.4 is 0 Å². The standard InChI is InChI=1S/C41H24ClN3O/c42-35-24-36-37(31-19-10-9-18-30(31)35)33-20-11-21-34(38(33)46-36)41-44-39(26-14-5-2-6-15-26)43-40(45-41)32-23-22-27(25-12-3-1-4-13-25)28-16-7-8-17-29(28)32/h1-24H. The lowest BCUT2D eigenvalue weighted by Gasteiger charge is -2.13. The first-order chi connectivity index (χ1) is 22.7. The van der Waals surface area contributed by atoms with Crippen molar-refractivity contribution in [2.75, 3.05) is 0 Å². The first-order valence-electron chi connectivity index (χ1n) is 15.1. The average molecular weight is 610 g/mol. The lowest BCUT2D eigenvalue weighted by molar-refractivity contribution is 0.670. The molecule has 2 aromatic heterocycles. The van der Waals surface area contributed by atoms with Crippen LogP contribution >= 0.6 is 11.6 Å². The van der Waals surface area contributed by atoms with Crippen LogP contribution in [0.25, 0.3) is 88.8 Å². The van der Waals surface area contributed by atoms with Crippen molar-refractivity contribution >= 4 is 55.1 Å². The molecule has 5 heteroatoms. The third-order valence-corrected chi connectivity index (χ3v) is 8.93. The van der Waals surface area contributed by atoms with Gasteiger partial charge in [-0.3, -0.25) is 0 Å². The van der Waals surface area contributed by atoms with E-state index in [4.69, 9.17) is 31.0 Å². The van der Waals surface area contributed by atoms with Crippen molar-refractivity contribution < 1.29 is 4.42 Å². The van der Waals surface area contributed by atoms with Gasteiger partial charge in [0.1, 0.15) is 11.2 Å². The molecule has 0 N–H and O–H groups in total. The smallest absolute Gasteiger partial charge is 0.167 e. The molecule has 9 aromatic rings. The van der Waals surface area contributed by atoms with Crippen molar-refractivity contribution in [1.82, 2.24) is 15.0 Å². The monoisotopic (exact) mass is 609 g/mol. The van der Waals surface area contributed by atoms with Gasteiger partial charge >= 0.3 is 0 Å². The summed E-state index contributed by atoms with van der Waals surface area (Å²) in [7, 11) is 0. The summed E-state index contributed by atoms with van der Waals surface area (Å²) in [6.45, 7) is 0. The minimum Gasteiger partial charge on any atom is -0.455 e. The predicted octanol–water partition coefficient (Wildman–Crippen LogP) is 11.4. The van der Waals surface area contributed by atoms with Crippen LogP contribution in [0.4, 0.5) is 0 Å². The number of rotatable bonds is 4. The maximum Gasteiger partial charge on any atom is 0.167 e. The fraction of sp³-hybridized carbons (Fsp3) is 0. The summed E-state index contributed by atoms with van der Waals surface area (Å²) in [5.74, 6) is 1.74. The fourth-order valence-corrected chi connectivity index (χ4v) is 6.76. The van der Waals surface area contributed by atoms with Gasteiger partial charge in [-0.05, 0) is 39.4 Å². The molecule has 0 atom stereocenters. The number of halogens is 1. The average Bonchev–Trinajstić information content (AvgIpc) is 3.50. The highest BCUT2D eigenvalue weighted by molar-refractivity contribution is 6.38. The van der Waals surface area contributed by atoms with Crippen LogP contribution in [0.5, 0.6) is 0 Å². The van der Waals surface area contributed by atoms with E-state index in [-0.39, 0.29) is 0 Å². The van der Waals surface area contributed by atoms with Crippen molar-refractivity contribution in [1.29, 1.82) is 0 Å². The molecule has 216 valence electrons. The number of benzene rings is 7. The van der Waals surface area contributed by atoms with E-state index in [0.29, 0.717) is 28.1 Å². The summed E-state index contributed by atoms with van der Waals surface area (Å²) < 4.78 is 6.57. The zero-order valence-electron chi connectivity index (χ0n) is 24.5. The van der Waals surface area contributed by atoms with Gasteiger partial charge < -0.3 is 4.42 Å². The normalized spacial score (nSPS) is 11.6. The van der Waals surface area contributed by atoms with E-state index < -0.39 is 0 Å². The second-order valence-electron chi connectivity index (χ2n) is 11.3. The van der Waals surface area contributed by atoms with E-state index >= 15 is 0 Å². The van der Waals surface area contributed by atoms with Gasteiger partial charge in [0.05, 0.1) is 10.6 Å². The lowest BCUT2D eigenvalue weighted by Crippen LogP contribution is -2.01. The van der Waals surface area contributed by atoms with Crippen LogP contribution in [0.1, 0.15) is 0 Å². The molecule has 0 radical (unpaired) electrons. The Morgan fingerprint density at radius 2 is 0.957 bits per heavy atom. The lowest BCUT2D eigenvalue weighted by atomic mass is 9.94. The number of furan rings is 1. The molecular formula is C41H24ClN3O. The molecule has 2 heterocycles. The van der Waals surface area contributed by atoms with Gasteiger partial charge in [-0.1, -0.05) is 139 Å². The first kappa shape index (κ1) is 26.6. The zero-order chi connectivity index (χ0) is 30.6. The first-order valence-corrected chi connectivity index (χ1v) is 15.5. The molecule has 0 aliphatic heterocycles. The Bertz CT molecular complexity index is 2590. The van der Waals surface area contributed by atoms with Gasteiger partial charge in [0.15, 0.2) is 17.5 Å². The molecule has 0 unspecified atom stereocenters. The van der Waals surface area contributed by atoms with E-state index in [9.17, 15) is 0 Å². The van der Waals surface area contributed by atoms with E-state index in [0.717, 1.165) is 65.7 Å². The van der Waals surface area contributed by atoms with Gasteiger partial charge in [0, 0.05) is 33.4 Å². The third-order valence-electron chi connectivity index (χ3n) is 8.61. The minimum atomic E-state index is 0.542. The molecule has 9 rings (SSSR count). The second-order valence-corrected chi connectivity index (χ2v) is 11.7. The number of aromatic nitrogens is 3. The molecule has 0 fully saturated rings. The maximum atomic E-state index is 6.70. The van der Waals surface area contributed by atoms with Crippen LogP contribution in [0.2, 0.25) is 5.02 Å². The van der Waals surface area contributed by atoms with Crippen molar-refractivity contribution in [3.63, 3.8) is 0 Å². The topological polar surface area (TPSA) is 51.8 Å². The Morgan fingerprint density at radius 1 is 0.413 bits per heavy atom. The summed E-state index contributed by atoms with van der Waals surface area (Å²) >= 11 is 6.70. The molecule has 0 aliphatic carbocycles. The van der Waals surface area contributed by atoms with Crippen molar-refractivity contribution in [2.45, 2.75) is 0 Å². The van der Waals surface area contributed by atoms with E-state index in [1.54, 1.807) is 0 Å². The highest BCUT2D eigenvalue weighted by atomic mass is 35.5. The van der Waals surface area contributed by atoms with Crippen molar-refractivity contribution in [3.05, 3.63) is 151 Å². The van der Waals surface area contributed by atoms with Crippen LogP contribution in [0, 0.1) is 0 Å². The number of hydrogen-bond acceptors (Lipinski definition) is 4. The van der Waals surface area contributed by atoms with Crippen molar-refractivity contribution in [3.8, 4) is 45.3 Å². The Balaban J connectivity index is 1.31. The number of nitrogens with zero attached hydrogens (tertiary/aromatic N) is 3. The predicted molar refractivity (Wildman–Crippen MR) is 189 cm³/mol. The SMILES string of the molecule is Clc1cc2oc3c(-c4nc(-c5ccccc5)nc(-c5ccc(-c6ccccc6)c6ccccc56)n4)cccc3c2c2ccccc12. The molecule has 0 bridgehead atoms. The summed E-state index contributed by atoms with van der Waals surface area (Å²) in [6.07, 6.45) is 0. The van der Waals surface area contributed by atoms with Gasteiger partial charge in [-0.15, -0.1) is 0 Å². The van der Waals surface area contributed by atoms with Gasteiger partial charge in [0.2, 0.25) is 0 Å². The quantitative estimate of drug-likeness (QED) is 0.199. The molecule has 7 aromatic carbocycles. The largest absolute Gasteiger partial charge is 0.455 e. The summed E-state index contributed by atoms with van der Waals surface area (Å²) in [5, 5.41) is 6.92. The van der Waals surface area contributed by atoms with E-state index in [2.05, 4.69) is 72.8 Å². The fourth-order valence-electron chi connectivity index (χ4n) is 6.49. The Morgan fingerprint density at radius 3 is 1.70 bits per heavy atom. The molecular weight excluding hydrogens is 586 g/mol. The van der Waals surface area contributed by atoms with Crippen LogP contribution in [0.15, 0.2) is 150 Å². The third kappa shape index (κ3) is 4.26. The maximum absolute atomic E-state index is 6.70. The van der Waals surface area contributed by atoms with Gasteiger partial charge in [0.25, 0.3) is 0 Å². The highest BCUT2D eigenvalue weighted by Crippen LogP contribution is 2.42. The van der Waals surface area contributed by atoms with Crippen LogP contribution in [-0.4, -0.2) is 15.0 Å². The zero-order valence-corrected chi connectivity index (χ0v) is 25.2. The summed E-state index contributed by atoms with van der Waals surface area (Å²) in [6, 6.07) is 49.4. The van der Waals surface area contributed by atoms with E-state index in [1.165, 1.54) is 0 Å². The molecule has 0 aliphatic rings. The summed E-state index contributed by atoms with van der Waals surface area (Å²) in [5.41, 5.74) is 6.40. The molecule has 46 heavy (non-hydrogen) atoms. The number of hydrogen-bond donors (Lipinski definition) is 0. The second kappa shape index (κ2) is 10.7.